The van der Waals surface area contributed by atoms with Crippen LogP contribution in [0.25, 0.3) is 11.3 Å². The maximum Gasteiger partial charge on any atom is 0.275 e. The number of aromatic nitrogens is 2. The Labute approximate surface area is 122 Å². The number of nitrogens with one attached hydrogen (secondary N) is 1. The molecule has 2 aromatic rings. The maximum atomic E-state index is 11.0. The smallest absolute Gasteiger partial charge is 0.275 e. The second-order valence-corrected chi connectivity index (χ2v) is 4.23. The van der Waals surface area contributed by atoms with E-state index < -0.39 is 4.92 Å². The Morgan fingerprint density at radius 2 is 2.10 bits per heavy atom. The molecule has 7 heteroatoms. The molecular weight excluding hydrogens is 272 g/mol. The fourth-order valence-electron chi connectivity index (χ4n) is 1.85. The van der Waals surface area contributed by atoms with Crippen molar-refractivity contribution in [3.8, 4) is 17.0 Å². The van der Waals surface area contributed by atoms with Gasteiger partial charge < -0.3 is 10.1 Å². The van der Waals surface area contributed by atoms with Crippen LogP contribution >= 0.6 is 0 Å². The molecule has 7 nitrogen and oxygen atoms in total. The van der Waals surface area contributed by atoms with E-state index in [-0.39, 0.29) is 5.69 Å². The molecule has 0 amide bonds. The second kappa shape index (κ2) is 6.65. The molecule has 0 unspecified atom stereocenters. The van der Waals surface area contributed by atoms with E-state index in [0.29, 0.717) is 36.0 Å². The van der Waals surface area contributed by atoms with Crippen LogP contribution < -0.4 is 10.1 Å². The Morgan fingerprint density at radius 1 is 1.29 bits per heavy atom. The summed E-state index contributed by atoms with van der Waals surface area (Å²) in [5.74, 6) is 1.07. The first-order valence-electron chi connectivity index (χ1n) is 6.62. The Morgan fingerprint density at radius 3 is 2.76 bits per heavy atom. The third-order valence-corrected chi connectivity index (χ3v) is 2.70. The molecular formula is C14H16N4O3. The summed E-state index contributed by atoms with van der Waals surface area (Å²) in [4.78, 5) is 19.0. The van der Waals surface area contributed by atoms with Crippen molar-refractivity contribution in [3.05, 3.63) is 40.7 Å². The quantitative estimate of drug-likeness (QED) is 0.649. The van der Waals surface area contributed by atoms with Crippen LogP contribution in [0.2, 0.25) is 0 Å². The summed E-state index contributed by atoms with van der Waals surface area (Å²) >= 11 is 0. The van der Waals surface area contributed by atoms with Crippen molar-refractivity contribution < 1.29 is 9.66 Å². The summed E-state index contributed by atoms with van der Waals surface area (Å²) < 4.78 is 5.38. The third-order valence-electron chi connectivity index (χ3n) is 2.70. The standard InChI is InChI=1S/C14H16N4O3/c1-3-16-14-7-11(18(19)20)6-13(17-14)10-5-12(21-4-2)9-15-8-10/h5-9H,3-4H2,1-2H3,(H,16,17). The molecule has 0 atom stereocenters. The van der Waals surface area contributed by atoms with E-state index in [1.54, 1.807) is 18.5 Å². The van der Waals surface area contributed by atoms with Gasteiger partial charge in [0.05, 0.1) is 29.5 Å². The summed E-state index contributed by atoms with van der Waals surface area (Å²) in [6.45, 7) is 4.93. The SMILES string of the molecule is CCNc1cc([N+](=O)[O-])cc(-c2cncc(OCC)c2)n1. The van der Waals surface area contributed by atoms with E-state index in [4.69, 9.17) is 4.74 Å². The van der Waals surface area contributed by atoms with Crippen LogP contribution in [0, 0.1) is 10.1 Å². The normalized spacial score (nSPS) is 10.2. The van der Waals surface area contributed by atoms with Gasteiger partial charge >= 0.3 is 0 Å². The van der Waals surface area contributed by atoms with Gasteiger partial charge in [0.2, 0.25) is 0 Å². The number of anilines is 1. The van der Waals surface area contributed by atoms with Gasteiger partial charge in [0.15, 0.2) is 0 Å². The lowest BCUT2D eigenvalue weighted by atomic mass is 10.1. The van der Waals surface area contributed by atoms with Crippen LogP contribution in [0.4, 0.5) is 11.5 Å². The van der Waals surface area contributed by atoms with Gasteiger partial charge in [-0.05, 0) is 19.9 Å². The van der Waals surface area contributed by atoms with Gasteiger partial charge in [-0.3, -0.25) is 15.1 Å². The average Bonchev–Trinajstić information content (AvgIpc) is 2.48. The molecule has 0 radical (unpaired) electrons. The minimum absolute atomic E-state index is 0.0160. The van der Waals surface area contributed by atoms with Crippen LogP contribution in [0.5, 0.6) is 5.75 Å². The molecule has 2 heterocycles. The van der Waals surface area contributed by atoms with Gasteiger partial charge in [0, 0.05) is 24.4 Å². The molecule has 0 aliphatic rings. The summed E-state index contributed by atoms with van der Waals surface area (Å²) in [6, 6.07) is 4.60. The lowest BCUT2D eigenvalue weighted by Gasteiger charge is -2.08. The number of rotatable bonds is 6. The second-order valence-electron chi connectivity index (χ2n) is 4.23. The van der Waals surface area contributed by atoms with Crippen LogP contribution in [0.1, 0.15) is 13.8 Å². The Kier molecular flexibility index (Phi) is 4.65. The molecule has 0 aliphatic heterocycles. The van der Waals surface area contributed by atoms with Crippen molar-refractivity contribution >= 4 is 11.5 Å². The van der Waals surface area contributed by atoms with Gasteiger partial charge in [-0.2, -0.15) is 0 Å². The average molecular weight is 288 g/mol. The minimum Gasteiger partial charge on any atom is -0.492 e. The molecule has 2 rings (SSSR count). The summed E-state index contributed by atoms with van der Waals surface area (Å²) in [5, 5.41) is 14.0. The predicted molar refractivity (Wildman–Crippen MR) is 79.5 cm³/mol. The predicted octanol–water partition coefficient (Wildman–Crippen LogP) is 2.88. The van der Waals surface area contributed by atoms with E-state index in [2.05, 4.69) is 15.3 Å². The van der Waals surface area contributed by atoms with E-state index in [1.165, 1.54) is 12.1 Å². The molecule has 0 fully saturated rings. The Bertz CT molecular complexity index is 646. The molecule has 0 aliphatic carbocycles. The highest BCUT2D eigenvalue weighted by atomic mass is 16.6. The zero-order valence-electron chi connectivity index (χ0n) is 11.9. The van der Waals surface area contributed by atoms with E-state index >= 15 is 0 Å². The number of ether oxygens (including phenoxy) is 1. The summed E-state index contributed by atoms with van der Waals surface area (Å²) in [6.07, 6.45) is 3.19. The fraction of sp³-hybridized carbons (Fsp3) is 0.286. The van der Waals surface area contributed by atoms with Crippen molar-refractivity contribution in [1.29, 1.82) is 0 Å². The highest BCUT2D eigenvalue weighted by Gasteiger charge is 2.13. The minimum atomic E-state index is -0.439. The zero-order chi connectivity index (χ0) is 15.2. The number of nitro groups is 1. The van der Waals surface area contributed by atoms with Gasteiger partial charge in [-0.15, -0.1) is 0 Å². The van der Waals surface area contributed by atoms with Gasteiger partial charge in [-0.25, -0.2) is 4.98 Å². The molecule has 0 aromatic carbocycles. The molecule has 0 spiro atoms. The zero-order valence-corrected chi connectivity index (χ0v) is 11.9. The van der Waals surface area contributed by atoms with Crippen molar-refractivity contribution in [1.82, 2.24) is 9.97 Å². The van der Waals surface area contributed by atoms with Crippen LogP contribution in [0.15, 0.2) is 30.6 Å². The highest BCUT2D eigenvalue weighted by Crippen LogP contribution is 2.26. The monoisotopic (exact) mass is 288 g/mol. The summed E-state index contributed by atoms with van der Waals surface area (Å²) in [5.41, 5.74) is 1.13. The topological polar surface area (TPSA) is 90.2 Å². The van der Waals surface area contributed by atoms with Gasteiger partial charge in [0.25, 0.3) is 5.69 Å². The molecule has 2 aromatic heterocycles. The van der Waals surface area contributed by atoms with Crippen LogP contribution in [-0.2, 0) is 0 Å². The molecule has 0 saturated heterocycles. The van der Waals surface area contributed by atoms with Crippen molar-refractivity contribution in [3.63, 3.8) is 0 Å². The third kappa shape index (κ3) is 3.65. The van der Waals surface area contributed by atoms with Crippen molar-refractivity contribution in [2.45, 2.75) is 13.8 Å². The van der Waals surface area contributed by atoms with E-state index in [0.717, 1.165) is 0 Å². The first kappa shape index (κ1) is 14.7. The van der Waals surface area contributed by atoms with E-state index in [9.17, 15) is 10.1 Å². The molecule has 21 heavy (non-hydrogen) atoms. The van der Waals surface area contributed by atoms with Crippen molar-refractivity contribution in [2.24, 2.45) is 0 Å². The number of hydrogen-bond donors (Lipinski definition) is 1. The Balaban J connectivity index is 2.46. The Hall–Kier alpha value is -2.70. The van der Waals surface area contributed by atoms with Crippen molar-refractivity contribution in [2.75, 3.05) is 18.5 Å². The molecule has 110 valence electrons. The maximum absolute atomic E-state index is 11.0. The van der Waals surface area contributed by atoms with Crippen LogP contribution in [0.3, 0.4) is 0 Å². The lowest BCUT2D eigenvalue weighted by Crippen LogP contribution is -2.02. The largest absolute Gasteiger partial charge is 0.492 e. The number of nitrogens with zero attached hydrogens (tertiary/aromatic N) is 3. The van der Waals surface area contributed by atoms with Gasteiger partial charge in [-0.1, -0.05) is 0 Å². The molecule has 0 bridgehead atoms. The molecule has 0 saturated carbocycles. The first-order valence-corrected chi connectivity index (χ1v) is 6.62. The number of pyridine rings is 2. The number of hydrogen-bond acceptors (Lipinski definition) is 6. The fourth-order valence-corrected chi connectivity index (χ4v) is 1.85. The molecule has 1 N–H and O–H groups in total. The first-order chi connectivity index (χ1) is 10.1. The van der Waals surface area contributed by atoms with Crippen LogP contribution in [-0.4, -0.2) is 28.0 Å². The highest BCUT2D eigenvalue weighted by molar-refractivity contribution is 5.65. The lowest BCUT2D eigenvalue weighted by molar-refractivity contribution is -0.384. The van der Waals surface area contributed by atoms with E-state index in [1.807, 2.05) is 13.8 Å². The summed E-state index contributed by atoms with van der Waals surface area (Å²) in [7, 11) is 0. The van der Waals surface area contributed by atoms with Gasteiger partial charge in [0.1, 0.15) is 11.6 Å².